The van der Waals surface area contributed by atoms with Crippen molar-refractivity contribution in [2.75, 3.05) is 0 Å². The van der Waals surface area contributed by atoms with Crippen LogP contribution in [-0.4, -0.2) is 21.8 Å². The highest BCUT2D eigenvalue weighted by Gasteiger charge is 2.15. The van der Waals surface area contributed by atoms with Gasteiger partial charge < -0.3 is 10.2 Å². The SMILES string of the molecule is CCC(C)(O)C=C(C)C(=O)O. The number of rotatable bonds is 3. The molecule has 0 aliphatic heterocycles. The van der Waals surface area contributed by atoms with Gasteiger partial charge in [0, 0.05) is 5.57 Å². The molecule has 0 aromatic rings. The molecule has 1 unspecified atom stereocenters. The molecule has 0 saturated carbocycles. The summed E-state index contributed by atoms with van der Waals surface area (Å²) in [7, 11) is 0. The van der Waals surface area contributed by atoms with Crippen LogP contribution >= 0.6 is 0 Å². The Kier molecular flexibility index (Phi) is 3.26. The molecule has 0 aliphatic rings. The zero-order valence-electron chi connectivity index (χ0n) is 7.09. The van der Waals surface area contributed by atoms with Gasteiger partial charge in [-0.25, -0.2) is 4.79 Å². The quantitative estimate of drug-likeness (QED) is 0.606. The summed E-state index contributed by atoms with van der Waals surface area (Å²) in [5.74, 6) is -0.987. The second kappa shape index (κ2) is 3.53. The van der Waals surface area contributed by atoms with Crippen molar-refractivity contribution in [3.8, 4) is 0 Å². The molecule has 0 bridgehead atoms. The molecule has 11 heavy (non-hydrogen) atoms. The Balaban J connectivity index is 4.41. The zero-order chi connectivity index (χ0) is 9.07. The number of carboxylic acid groups (broad SMARTS) is 1. The fourth-order valence-corrected chi connectivity index (χ4v) is 0.630. The number of carboxylic acids is 1. The Hall–Kier alpha value is -0.830. The highest BCUT2D eigenvalue weighted by molar-refractivity contribution is 5.85. The van der Waals surface area contributed by atoms with Crippen LogP contribution in [0.25, 0.3) is 0 Å². The lowest BCUT2D eigenvalue weighted by atomic mass is 10.0. The van der Waals surface area contributed by atoms with Crippen LogP contribution in [0.4, 0.5) is 0 Å². The van der Waals surface area contributed by atoms with E-state index in [4.69, 9.17) is 5.11 Å². The van der Waals surface area contributed by atoms with Gasteiger partial charge in [-0.15, -0.1) is 0 Å². The molecular weight excluding hydrogens is 144 g/mol. The summed E-state index contributed by atoms with van der Waals surface area (Å²) in [6.45, 7) is 4.84. The number of carbonyl (C=O) groups is 1. The molecule has 1 atom stereocenters. The standard InChI is InChI=1S/C8H14O3/c1-4-8(3,11)5-6(2)7(9)10/h5,11H,4H2,1-3H3,(H,9,10). The third-order valence-electron chi connectivity index (χ3n) is 1.58. The molecule has 0 rings (SSSR count). The molecule has 64 valence electrons. The molecule has 0 saturated heterocycles. The molecule has 0 fully saturated rings. The van der Waals surface area contributed by atoms with Crippen LogP contribution in [0, 0.1) is 0 Å². The van der Waals surface area contributed by atoms with Crippen LogP contribution in [0.5, 0.6) is 0 Å². The van der Waals surface area contributed by atoms with Crippen molar-refractivity contribution in [1.82, 2.24) is 0 Å². The van der Waals surface area contributed by atoms with Crippen molar-refractivity contribution in [1.29, 1.82) is 0 Å². The fourth-order valence-electron chi connectivity index (χ4n) is 0.630. The predicted octanol–water partition coefficient (Wildman–Crippen LogP) is 1.18. The maximum atomic E-state index is 10.3. The average molecular weight is 158 g/mol. The van der Waals surface area contributed by atoms with Gasteiger partial charge in [0.15, 0.2) is 0 Å². The van der Waals surface area contributed by atoms with Gasteiger partial charge in [0.25, 0.3) is 0 Å². The van der Waals surface area contributed by atoms with Crippen molar-refractivity contribution in [2.24, 2.45) is 0 Å². The van der Waals surface area contributed by atoms with Crippen LogP contribution in [0.1, 0.15) is 27.2 Å². The normalized spacial score (nSPS) is 17.6. The highest BCUT2D eigenvalue weighted by atomic mass is 16.4. The summed E-state index contributed by atoms with van der Waals surface area (Å²) in [4.78, 5) is 10.3. The maximum Gasteiger partial charge on any atom is 0.331 e. The van der Waals surface area contributed by atoms with E-state index in [1.165, 1.54) is 13.0 Å². The Morgan fingerprint density at radius 2 is 2.09 bits per heavy atom. The smallest absolute Gasteiger partial charge is 0.331 e. The summed E-state index contributed by atoms with van der Waals surface area (Å²) in [6, 6.07) is 0. The van der Waals surface area contributed by atoms with Crippen LogP contribution in [0.2, 0.25) is 0 Å². The van der Waals surface area contributed by atoms with E-state index in [-0.39, 0.29) is 5.57 Å². The Bertz CT molecular complexity index is 180. The zero-order valence-corrected chi connectivity index (χ0v) is 7.09. The minimum atomic E-state index is -0.998. The molecule has 2 N–H and O–H groups in total. The van der Waals surface area contributed by atoms with Gasteiger partial charge >= 0.3 is 5.97 Å². The van der Waals surface area contributed by atoms with Gasteiger partial charge in [0.1, 0.15) is 0 Å². The van der Waals surface area contributed by atoms with Gasteiger partial charge in [-0.2, -0.15) is 0 Å². The first-order chi connectivity index (χ1) is 4.89. The molecule has 3 nitrogen and oxygen atoms in total. The van der Waals surface area contributed by atoms with Gasteiger partial charge in [-0.05, 0) is 26.3 Å². The summed E-state index contributed by atoms with van der Waals surface area (Å²) in [5, 5.41) is 17.9. The van der Waals surface area contributed by atoms with Crippen LogP contribution < -0.4 is 0 Å². The minimum absolute atomic E-state index is 0.178. The maximum absolute atomic E-state index is 10.3. The van der Waals surface area contributed by atoms with E-state index in [9.17, 15) is 9.90 Å². The van der Waals surface area contributed by atoms with Gasteiger partial charge in [-0.1, -0.05) is 6.92 Å². The first kappa shape index (κ1) is 10.2. The summed E-state index contributed by atoms with van der Waals surface area (Å²) >= 11 is 0. The minimum Gasteiger partial charge on any atom is -0.478 e. The Labute approximate surface area is 66.4 Å². The second-order valence-electron chi connectivity index (χ2n) is 2.84. The number of aliphatic carboxylic acids is 1. The van der Waals surface area contributed by atoms with Crippen molar-refractivity contribution in [3.63, 3.8) is 0 Å². The Morgan fingerprint density at radius 3 is 2.36 bits per heavy atom. The van der Waals surface area contributed by atoms with Crippen LogP contribution in [0.15, 0.2) is 11.6 Å². The van der Waals surface area contributed by atoms with E-state index in [1.54, 1.807) is 13.8 Å². The fraction of sp³-hybridized carbons (Fsp3) is 0.625. The van der Waals surface area contributed by atoms with Gasteiger partial charge in [-0.3, -0.25) is 0 Å². The number of hydrogen-bond donors (Lipinski definition) is 2. The molecule has 0 amide bonds. The summed E-state index contributed by atoms with van der Waals surface area (Å²) in [5.41, 5.74) is -0.820. The highest BCUT2D eigenvalue weighted by Crippen LogP contribution is 2.12. The van der Waals surface area contributed by atoms with E-state index in [0.717, 1.165) is 0 Å². The molecule has 0 spiro atoms. The lowest BCUT2D eigenvalue weighted by Gasteiger charge is -2.16. The topological polar surface area (TPSA) is 57.5 Å². The molecule has 0 heterocycles. The second-order valence-corrected chi connectivity index (χ2v) is 2.84. The third kappa shape index (κ3) is 3.78. The Morgan fingerprint density at radius 1 is 1.64 bits per heavy atom. The van der Waals surface area contributed by atoms with Crippen LogP contribution in [-0.2, 0) is 4.79 Å². The summed E-state index contributed by atoms with van der Waals surface area (Å²) < 4.78 is 0. The number of hydrogen-bond acceptors (Lipinski definition) is 2. The van der Waals surface area contributed by atoms with Crippen molar-refractivity contribution in [3.05, 3.63) is 11.6 Å². The van der Waals surface area contributed by atoms with E-state index in [0.29, 0.717) is 6.42 Å². The van der Waals surface area contributed by atoms with E-state index in [2.05, 4.69) is 0 Å². The van der Waals surface area contributed by atoms with Crippen molar-refractivity contribution in [2.45, 2.75) is 32.8 Å². The lowest BCUT2D eigenvalue weighted by Crippen LogP contribution is -2.20. The molecule has 0 aromatic heterocycles. The average Bonchev–Trinajstić information content (AvgIpc) is 1.87. The lowest BCUT2D eigenvalue weighted by molar-refractivity contribution is -0.132. The molecule has 0 aliphatic carbocycles. The monoisotopic (exact) mass is 158 g/mol. The summed E-state index contributed by atoms with van der Waals surface area (Å²) in [6.07, 6.45) is 1.87. The van der Waals surface area contributed by atoms with Gasteiger partial charge in [0.2, 0.25) is 0 Å². The predicted molar refractivity (Wildman–Crippen MR) is 42.3 cm³/mol. The van der Waals surface area contributed by atoms with E-state index in [1.807, 2.05) is 0 Å². The first-order valence-corrected chi connectivity index (χ1v) is 3.54. The first-order valence-electron chi connectivity index (χ1n) is 3.54. The molecule has 3 heteroatoms. The van der Waals surface area contributed by atoms with Gasteiger partial charge in [0.05, 0.1) is 5.60 Å². The van der Waals surface area contributed by atoms with E-state index < -0.39 is 11.6 Å². The largest absolute Gasteiger partial charge is 0.478 e. The van der Waals surface area contributed by atoms with Crippen molar-refractivity contribution >= 4 is 5.97 Å². The third-order valence-corrected chi connectivity index (χ3v) is 1.58. The van der Waals surface area contributed by atoms with Crippen LogP contribution in [0.3, 0.4) is 0 Å². The van der Waals surface area contributed by atoms with Crippen molar-refractivity contribution < 1.29 is 15.0 Å². The molecule has 0 aromatic carbocycles. The molecular formula is C8H14O3. The molecule has 0 radical (unpaired) electrons. The van der Waals surface area contributed by atoms with E-state index >= 15 is 0 Å². The number of aliphatic hydroxyl groups is 1.